The van der Waals surface area contributed by atoms with Gasteiger partial charge in [-0.2, -0.15) is 0 Å². The maximum absolute atomic E-state index is 9.92. The molecular weight excluding hydrogens is 164 g/mol. The van der Waals surface area contributed by atoms with Gasteiger partial charge in [-0.05, 0) is 24.2 Å². The Morgan fingerprint density at radius 2 is 1.83 bits per heavy atom. The molecule has 0 amide bonds. The lowest BCUT2D eigenvalue weighted by Crippen LogP contribution is -2.32. The first-order chi connectivity index (χ1) is 5.64. The summed E-state index contributed by atoms with van der Waals surface area (Å²) in [6.07, 6.45) is 0. The lowest BCUT2D eigenvalue weighted by atomic mass is 10.2. The van der Waals surface area contributed by atoms with E-state index in [2.05, 4.69) is 19.1 Å². The molecule has 0 aliphatic heterocycles. The molecule has 0 saturated carbocycles. The van der Waals surface area contributed by atoms with E-state index in [1.54, 1.807) is 0 Å². The van der Waals surface area contributed by atoms with Gasteiger partial charge in [0.1, 0.15) is 0 Å². The van der Waals surface area contributed by atoms with Gasteiger partial charge in [-0.25, -0.2) is 0 Å². The van der Waals surface area contributed by atoms with Crippen LogP contribution in [0.25, 0.3) is 0 Å². The highest BCUT2D eigenvalue weighted by Gasteiger charge is 2.21. The highest BCUT2D eigenvalue weighted by Crippen LogP contribution is 2.12. The van der Waals surface area contributed by atoms with Gasteiger partial charge in [0.05, 0.1) is 0 Å². The fraction of sp³-hybridized carbons (Fsp3) is 0.400. The highest BCUT2D eigenvalue weighted by atomic mass is 28.4. The molecule has 0 heterocycles. The zero-order valence-electron chi connectivity index (χ0n) is 7.75. The molecule has 2 heteroatoms. The smallest absolute Gasteiger partial charge is 0.189 e. The molecule has 0 bridgehead atoms. The van der Waals surface area contributed by atoms with Crippen LogP contribution in [0.15, 0.2) is 30.3 Å². The summed E-state index contributed by atoms with van der Waals surface area (Å²) < 4.78 is 0. The summed E-state index contributed by atoms with van der Waals surface area (Å²) in [4.78, 5) is 9.92. The summed E-state index contributed by atoms with van der Waals surface area (Å²) in [6.45, 7) is 4.08. The minimum absolute atomic E-state index is 0.879. The maximum Gasteiger partial charge on any atom is 0.189 e. The van der Waals surface area contributed by atoms with E-state index in [0.29, 0.717) is 0 Å². The van der Waals surface area contributed by atoms with Crippen molar-refractivity contribution >= 4 is 8.32 Å². The lowest BCUT2D eigenvalue weighted by Gasteiger charge is -2.17. The average molecular weight is 180 g/mol. The third kappa shape index (κ3) is 2.79. The first kappa shape index (κ1) is 9.48. The monoisotopic (exact) mass is 180 g/mol. The topological polar surface area (TPSA) is 20.2 Å². The molecule has 1 unspecified atom stereocenters. The Balaban J connectivity index is 2.64. The van der Waals surface area contributed by atoms with Crippen LogP contribution in [-0.4, -0.2) is 13.1 Å². The van der Waals surface area contributed by atoms with Gasteiger partial charge in [0.15, 0.2) is 8.32 Å². The van der Waals surface area contributed by atoms with Crippen LogP contribution in [0.4, 0.5) is 0 Å². The van der Waals surface area contributed by atoms with Crippen LogP contribution >= 0.6 is 0 Å². The van der Waals surface area contributed by atoms with Gasteiger partial charge in [-0.3, -0.25) is 0 Å². The van der Waals surface area contributed by atoms with Crippen molar-refractivity contribution < 1.29 is 4.80 Å². The zero-order valence-corrected chi connectivity index (χ0v) is 8.75. The molecule has 12 heavy (non-hydrogen) atoms. The molecule has 0 saturated heterocycles. The van der Waals surface area contributed by atoms with Crippen molar-refractivity contribution in [3.8, 4) is 0 Å². The van der Waals surface area contributed by atoms with Crippen LogP contribution in [0, 0.1) is 0 Å². The minimum atomic E-state index is -1.92. The van der Waals surface area contributed by atoms with Gasteiger partial charge in [-0.1, -0.05) is 37.3 Å². The molecule has 0 radical (unpaired) electrons. The summed E-state index contributed by atoms with van der Waals surface area (Å²) >= 11 is 0. The molecule has 1 aromatic rings. The van der Waals surface area contributed by atoms with Crippen molar-refractivity contribution in [3.05, 3.63) is 35.9 Å². The van der Waals surface area contributed by atoms with Crippen molar-refractivity contribution in [2.24, 2.45) is 0 Å². The van der Waals surface area contributed by atoms with Crippen LogP contribution in [-0.2, 0) is 6.04 Å². The molecule has 1 aromatic carbocycles. The molecule has 0 aromatic heterocycles. The molecular formula is C10H16OSi. The standard InChI is InChI=1S/C10H16OSi/c1-3-12(2,11)9-10-7-5-4-6-8-10/h4-8,11H,3,9H2,1-2H3. The molecule has 1 atom stereocenters. The Morgan fingerprint density at radius 3 is 2.33 bits per heavy atom. The van der Waals surface area contributed by atoms with Crippen molar-refractivity contribution in [2.75, 3.05) is 0 Å². The van der Waals surface area contributed by atoms with E-state index in [1.165, 1.54) is 5.56 Å². The molecule has 66 valence electrons. The van der Waals surface area contributed by atoms with Gasteiger partial charge in [-0.15, -0.1) is 0 Å². The third-order valence-electron chi connectivity index (χ3n) is 2.19. The van der Waals surface area contributed by atoms with Crippen LogP contribution in [0.1, 0.15) is 12.5 Å². The SMILES string of the molecule is CC[Si](C)(O)Cc1ccccc1. The molecule has 0 spiro atoms. The highest BCUT2D eigenvalue weighted by molar-refractivity contribution is 6.70. The minimum Gasteiger partial charge on any atom is -0.432 e. The number of hydrogen-bond donors (Lipinski definition) is 1. The van der Waals surface area contributed by atoms with E-state index in [0.717, 1.165) is 12.1 Å². The van der Waals surface area contributed by atoms with Crippen molar-refractivity contribution in [1.82, 2.24) is 0 Å². The summed E-state index contributed by atoms with van der Waals surface area (Å²) in [5.41, 5.74) is 1.26. The van der Waals surface area contributed by atoms with Crippen LogP contribution in [0.5, 0.6) is 0 Å². The molecule has 0 aliphatic carbocycles. The summed E-state index contributed by atoms with van der Waals surface area (Å²) in [5.74, 6) is 0. The van der Waals surface area contributed by atoms with E-state index in [9.17, 15) is 4.80 Å². The van der Waals surface area contributed by atoms with Crippen LogP contribution in [0.3, 0.4) is 0 Å². The van der Waals surface area contributed by atoms with Crippen molar-refractivity contribution in [1.29, 1.82) is 0 Å². The van der Waals surface area contributed by atoms with E-state index in [-0.39, 0.29) is 0 Å². The third-order valence-corrected chi connectivity index (χ3v) is 4.88. The molecule has 1 rings (SSSR count). The fourth-order valence-electron chi connectivity index (χ4n) is 1.16. The van der Waals surface area contributed by atoms with Gasteiger partial charge in [0, 0.05) is 0 Å². The molecule has 0 fully saturated rings. The van der Waals surface area contributed by atoms with Crippen LogP contribution in [0.2, 0.25) is 12.6 Å². The molecule has 0 aliphatic rings. The second-order valence-corrected chi connectivity index (χ2v) is 7.57. The predicted molar refractivity (Wildman–Crippen MR) is 54.5 cm³/mol. The second kappa shape index (κ2) is 3.87. The number of rotatable bonds is 3. The first-order valence-electron chi connectivity index (χ1n) is 4.40. The first-order valence-corrected chi connectivity index (χ1v) is 7.26. The maximum atomic E-state index is 9.92. The van der Waals surface area contributed by atoms with Crippen LogP contribution < -0.4 is 0 Å². The van der Waals surface area contributed by atoms with Crippen molar-refractivity contribution in [2.45, 2.75) is 25.6 Å². The number of hydrogen-bond acceptors (Lipinski definition) is 1. The summed E-state index contributed by atoms with van der Waals surface area (Å²) in [5, 5.41) is 0. The normalized spacial score (nSPS) is 15.6. The fourth-order valence-corrected chi connectivity index (χ4v) is 2.53. The zero-order chi connectivity index (χ0) is 9.03. The number of benzene rings is 1. The second-order valence-electron chi connectivity index (χ2n) is 3.51. The van der Waals surface area contributed by atoms with E-state index < -0.39 is 8.32 Å². The quantitative estimate of drug-likeness (QED) is 0.708. The van der Waals surface area contributed by atoms with Gasteiger partial charge >= 0.3 is 0 Å². The van der Waals surface area contributed by atoms with E-state index in [4.69, 9.17) is 0 Å². The molecule has 1 nitrogen and oxygen atoms in total. The summed E-state index contributed by atoms with van der Waals surface area (Å²) in [6, 6.07) is 12.0. The summed E-state index contributed by atoms with van der Waals surface area (Å²) in [7, 11) is -1.92. The Hall–Kier alpha value is -0.603. The largest absolute Gasteiger partial charge is 0.432 e. The average Bonchev–Trinajstić information content (AvgIpc) is 2.06. The van der Waals surface area contributed by atoms with Gasteiger partial charge in [0.25, 0.3) is 0 Å². The Morgan fingerprint density at radius 1 is 1.25 bits per heavy atom. The van der Waals surface area contributed by atoms with Gasteiger partial charge in [0.2, 0.25) is 0 Å². The predicted octanol–water partition coefficient (Wildman–Crippen LogP) is 2.36. The Kier molecular flexibility index (Phi) is 3.06. The van der Waals surface area contributed by atoms with E-state index in [1.807, 2.05) is 24.7 Å². The Labute approximate surface area is 75.2 Å². The Bertz CT molecular complexity index is 231. The van der Waals surface area contributed by atoms with Gasteiger partial charge < -0.3 is 4.80 Å². The van der Waals surface area contributed by atoms with E-state index >= 15 is 0 Å². The lowest BCUT2D eigenvalue weighted by molar-refractivity contribution is 0.539. The molecule has 1 N–H and O–H groups in total. The van der Waals surface area contributed by atoms with Crippen molar-refractivity contribution in [3.63, 3.8) is 0 Å².